The normalized spacial score (nSPS) is 19.2. The van der Waals surface area contributed by atoms with Gasteiger partial charge in [0.1, 0.15) is 6.04 Å². The average Bonchev–Trinajstić information content (AvgIpc) is 2.79. The van der Waals surface area contributed by atoms with Gasteiger partial charge in [-0.1, -0.05) is 95.0 Å². The van der Waals surface area contributed by atoms with Gasteiger partial charge in [0.25, 0.3) is 0 Å². The van der Waals surface area contributed by atoms with Crippen LogP contribution in [0.5, 0.6) is 0 Å². The van der Waals surface area contributed by atoms with E-state index in [0.29, 0.717) is 19.6 Å². The summed E-state index contributed by atoms with van der Waals surface area (Å²) in [7, 11) is 0. The number of carbonyl (C=O) groups excluding carboxylic acids is 2. The van der Waals surface area contributed by atoms with Crippen LogP contribution < -0.4 is 0 Å². The second-order valence-electron chi connectivity index (χ2n) is 9.21. The monoisotopic (exact) mass is 431 g/mol. The Bertz CT molecular complexity index is 663. The first kappa shape index (κ1) is 25.4. The van der Waals surface area contributed by atoms with Gasteiger partial charge >= 0.3 is 5.97 Å². The first-order valence-corrected chi connectivity index (χ1v) is 12.1. The van der Waals surface area contributed by atoms with E-state index in [9.17, 15) is 14.7 Å². The molecular formula is C26H41NO4. The van der Waals surface area contributed by atoms with E-state index in [1.807, 2.05) is 30.3 Å². The second kappa shape index (κ2) is 13.5. The number of hydrogen-bond acceptors (Lipinski definition) is 4. The molecule has 1 aromatic rings. The van der Waals surface area contributed by atoms with Gasteiger partial charge in [-0.15, -0.1) is 0 Å². The summed E-state index contributed by atoms with van der Waals surface area (Å²) in [5, 5.41) is 9.50. The van der Waals surface area contributed by atoms with E-state index in [-0.39, 0.29) is 18.5 Å². The lowest BCUT2D eigenvalue weighted by molar-refractivity contribution is -0.175. The maximum atomic E-state index is 12.8. The van der Waals surface area contributed by atoms with Crippen LogP contribution in [0.1, 0.15) is 83.6 Å². The summed E-state index contributed by atoms with van der Waals surface area (Å²) < 4.78 is 5.56. The molecule has 1 heterocycles. The van der Waals surface area contributed by atoms with Crippen LogP contribution in [0.15, 0.2) is 30.3 Å². The molecule has 5 nitrogen and oxygen atoms in total. The topological polar surface area (TPSA) is 66.8 Å². The zero-order valence-electron chi connectivity index (χ0n) is 19.5. The van der Waals surface area contributed by atoms with Crippen LogP contribution >= 0.6 is 0 Å². The maximum Gasteiger partial charge on any atom is 0.329 e. The van der Waals surface area contributed by atoms with Crippen molar-refractivity contribution >= 4 is 11.9 Å². The Kier molecular flexibility index (Phi) is 11.1. The third kappa shape index (κ3) is 7.95. The minimum Gasteiger partial charge on any atom is -0.464 e. The highest BCUT2D eigenvalue weighted by Gasteiger charge is 2.52. The van der Waals surface area contributed by atoms with E-state index in [2.05, 4.69) is 6.92 Å². The molecule has 1 saturated heterocycles. The van der Waals surface area contributed by atoms with E-state index >= 15 is 0 Å². The number of β-lactam (4-membered cyclic amide) rings is 1. The van der Waals surface area contributed by atoms with Crippen LogP contribution in [-0.2, 0) is 20.7 Å². The summed E-state index contributed by atoms with van der Waals surface area (Å²) in [6.45, 7) is 4.56. The van der Waals surface area contributed by atoms with E-state index in [4.69, 9.17) is 4.74 Å². The maximum absolute atomic E-state index is 12.8. The summed E-state index contributed by atoms with van der Waals surface area (Å²) in [5.74, 6) is -0.514. The zero-order chi connectivity index (χ0) is 22.5. The van der Waals surface area contributed by atoms with Crippen molar-refractivity contribution in [3.63, 3.8) is 0 Å². The Balaban J connectivity index is 1.72. The number of nitrogens with zero attached hydrogens (tertiary/aromatic N) is 1. The molecule has 1 N–H and O–H groups in total. The fourth-order valence-corrected chi connectivity index (χ4v) is 4.16. The fourth-order valence-electron chi connectivity index (χ4n) is 4.16. The Morgan fingerprint density at radius 2 is 1.61 bits per heavy atom. The number of likely N-dealkylation sites (tertiary alicyclic amines) is 1. The molecular weight excluding hydrogens is 390 g/mol. The molecule has 0 saturated carbocycles. The van der Waals surface area contributed by atoms with Gasteiger partial charge in [-0.3, -0.25) is 4.79 Å². The number of rotatable bonds is 16. The van der Waals surface area contributed by atoms with Gasteiger partial charge in [-0.2, -0.15) is 0 Å². The molecule has 0 aliphatic carbocycles. The van der Waals surface area contributed by atoms with Crippen LogP contribution in [0, 0.1) is 5.41 Å². The van der Waals surface area contributed by atoms with Crippen LogP contribution in [0.4, 0.5) is 0 Å². The molecule has 5 heteroatoms. The van der Waals surface area contributed by atoms with Gasteiger partial charge in [0, 0.05) is 13.0 Å². The van der Waals surface area contributed by atoms with Gasteiger partial charge in [-0.05, 0) is 18.9 Å². The fraction of sp³-hybridized carbons (Fsp3) is 0.692. The van der Waals surface area contributed by atoms with Crippen molar-refractivity contribution in [2.45, 2.75) is 90.5 Å². The van der Waals surface area contributed by atoms with E-state index in [0.717, 1.165) is 18.4 Å². The predicted molar refractivity (Wildman–Crippen MR) is 124 cm³/mol. The number of aliphatic hydroxyl groups excluding tert-OH is 1. The average molecular weight is 432 g/mol. The molecule has 2 unspecified atom stereocenters. The first-order valence-electron chi connectivity index (χ1n) is 12.1. The minimum absolute atomic E-state index is 0.174. The van der Waals surface area contributed by atoms with E-state index in [1.54, 1.807) is 11.8 Å². The Hall–Kier alpha value is -1.88. The molecule has 2 atom stereocenters. The van der Waals surface area contributed by atoms with Gasteiger partial charge in [0.2, 0.25) is 5.91 Å². The molecule has 1 aromatic carbocycles. The number of esters is 1. The third-order valence-electron chi connectivity index (χ3n) is 6.31. The molecule has 0 radical (unpaired) electrons. The number of aliphatic hydroxyl groups is 1. The molecule has 0 aromatic heterocycles. The van der Waals surface area contributed by atoms with Crippen molar-refractivity contribution in [3.05, 3.63) is 35.9 Å². The number of hydrogen-bond donors (Lipinski definition) is 1. The van der Waals surface area contributed by atoms with Crippen molar-refractivity contribution in [2.75, 3.05) is 19.8 Å². The van der Waals surface area contributed by atoms with Crippen LogP contribution in [-0.4, -0.2) is 47.7 Å². The molecule has 2 rings (SSSR count). The smallest absolute Gasteiger partial charge is 0.329 e. The largest absolute Gasteiger partial charge is 0.464 e. The Labute approximate surface area is 188 Å². The summed E-state index contributed by atoms with van der Waals surface area (Å²) in [4.78, 5) is 26.9. The summed E-state index contributed by atoms with van der Waals surface area (Å²) >= 11 is 0. The minimum atomic E-state index is -0.772. The SMILES string of the molecule is CCCCCCCCCCCCOC(=O)C(Cc1ccccc1)N1CC(C)(CO)C1=O. The lowest BCUT2D eigenvalue weighted by atomic mass is 9.80. The number of carbonyl (C=O) groups is 2. The number of unbranched alkanes of at least 4 members (excludes halogenated alkanes) is 9. The van der Waals surface area contributed by atoms with Crippen molar-refractivity contribution in [3.8, 4) is 0 Å². The highest BCUT2D eigenvalue weighted by Crippen LogP contribution is 2.34. The number of ether oxygens (including phenoxy) is 1. The summed E-state index contributed by atoms with van der Waals surface area (Å²) in [6.07, 6.45) is 12.7. The molecule has 31 heavy (non-hydrogen) atoms. The standard InChI is InChI=1S/C26H41NO4/c1-3-4-5-6-7-8-9-10-11-15-18-31-24(29)23(19-22-16-13-12-14-17-22)27-20-26(2,21-28)25(27)30/h12-14,16-17,23,28H,3-11,15,18-21H2,1-2H3. The molecule has 1 fully saturated rings. The first-order chi connectivity index (χ1) is 15.0. The van der Waals surface area contributed by atoms with Crippen LogP contribution in [0.3, 0.4) is 0 Å². The van der Waals surface area contributed by atoms with Crippen LogP contribution in [0.25, 0.3) is 0 Å². The highest BCUT2D eigenvalue weighted by molar-refractivity contribution is 5.93. The van der Waals surface area contributed by atoms with Crippen molar-refractivity contribution in [1.29, 1.82) is 0 Å². The second-order valence-corrected chi connectivity index (χ2v) is 9.21. The van der Waals surface area contributed by atoms with Gasteiger partial charge < -0.3 is 14.7 Å². The predicted octanol–water partition coefficient (Wildman–Crippen LogP) is 4.90. The Morgan fingerprint density at radius 3 is 2.16 bits per heavy atom. The lowest BCUT2D eigenvalue weighted by Crippen LogP contribution is -2.66. The Morgan fingerprint density at radius 1 is 1.03 bits per heavy atom. The van der Waals surface area contributed by atoms with Gasteiger partial charge in [0.15, 0.2) is 0 Å². The molecule has 0 spiro atoms. The number of amides is 1. The van der Waals surface area contributed by atoms with E-state index < -0.39 is 11.5 Å². The highest BCUT2D eigenvalue weighted by atomic mass is 16.5. The summed E-state index contributed by atoms with van der Waals surface area (Å²) in [5.41, 5.74) is 0.222. The quantitative estimate of drug-likeness (QED) is 0.230. The summed E-state index contributed by atoms with van der Waals surface area (Å²) in [6, 6.07) is 9.07. The molecule has 1 aliphatic rings. The molecule has 0 bridgehead atoms. The van der Waals surface area contributed by atoms with E-state index in [1.165, 1.54) is 51.4 Å². The zero-order valence-corrected chi connectivity index (χ0v) is 19.5. The number of benzene rings is 1. The van der Waals surface area contributed by atoms with Gasteiger partial charge in [-0.25, -0.2) is 4.79 Å². The van der Waals surface area contributed by atoms with Crippen molar-refractivity contribution in [1.82, 2.24) is 4.90 Å². The van der Waals surface area contributed by atoms with Crippen molar-refractivity contribution < 1.29 is 19.4 Å². The molecule has 1 aliphatic heterocycles. The molecule has 174 valence electrons. The van der Waals surface area contributed by atoms with Crippen LogP contribution in [0.2, 0.25) is 0 Å². The lowest BCUT2D eigenvalue weighted by Gasteiger charge is -2.48. The molecule has 1 amide bonds. The third-order valence-corrected chi connectivity index (χ3v) is 6.31. The van der Waals surface area contributed by atoms with Gasteiger partial charge in [0.05, 0.1) is 18.6 Å². The van der Waals surface area contributed by atoms with Crippen molar-refractivity contribution in [2.24, 2.45) is 5.41 Å².